The van der Waals surface area contributed by atoms with Gasteiger partial charge in [0.25, 0.3) is 5.91 Å². The van der Waals surface area contributed by atoms with Crippen LogP contribution in [0.2, 0.25) is 5.02 Å². The smallest absolute Gasteiger partial charge is 0.272 e. The second kappa shape index (κ2) is 6.86. The van der Waals surface area contributed by atoms with Crippen LogP contribution in [0.15, 0.2) is 48.8 Å². The molecule has 2 N–H and O–H groups in total. The third-order valence-electron chi connectivity index (χ3n) is 3.55. The zero-order valence-corrected chi connectivity index (χ0v) is 13.9. The van der Waals surface area contributed by atoms with E-state index in [1.54, 1.807) is 12.1 Å². The Bertz CT molecular complexity index is 931. The lowest BCUT2D eigenvalue weighted by Gasteiger charge is -2.03. The van der Waals surface area contributed by atoms with Crippen LogP contribution < -0.4 is 5.32 Å². The lowest BCUT2D eigenvalue weighted by Crippen LogP contribution is -2.12. The molecule has 3 rings (SSSR count). The van der Waals surface area contributed by atoms with Gasteiger partial charge in [-0.15, -0.1) is 0 Å². The van der Waals surface area contributed by atoms with E-state index in [0.717, 1.165) is 11.8 Å². The molecule has 0 aliphatic carbocycles. The summed E-state index contributed by atoms with van der Waals surface area (Å²) in [6.45, 7) is 1.84. The SMILES string of the molecule is Cc1ccc(NC(=O)c2cc(C(=O)c3c(F)cccc3Cl)c[nH]2)cn1. The van der Waals surface area contributed by atoms with E-state index in [1.165, 1.54) is 30.6 Å². The Kier molecular flexibility index (Phi) is 4.63. The molecule has 0 bridgehead atoms. The van der Waals surface area contributed by atoms with Crippen LogP contribution in [0.3, 0.4) is 0 Å². The molecule has 0 aliphatic rings. The van der Waals surface area contributed by atoms with Crippen molar-refractivity contribution in [1.29, 1.82) is 0 Å². The highest BCUT2D eigenvalue weighted by Crippen LogP contribution is 2.23. The summed E-state index contributed by atoms with van der Waals surface area (Å²) in [6, 6.07) is 8.84. The fourth-order valence-electron chi connectivity index (χ4n) is 2.26. The van der Waals surface area contributed by atoms with Crippen LogP contribution in [-0.2, 0) is 0 Å². The van der Waals surface area contributed by atoms with E-state index in [4.69, 9.17) is 11.6 Å². The first-order valence-electron chi connectivity index (χ1n) is 7.37. The van der Waals surface area contributed by atoms with E-state index in [1.807, 2.05) is 6.92 Å². The number of aromatic amines is 1. The van der Waals surface area contributed by atoms with Crippen LogP contribution in [0.5, 0.6) is 0 Å². The number of hydrogen-bond acceptors (Lipinski definition) is 3. The van der Waals surface area contributed by atoms with E-state index in [2.05, 4.69) is 15.3 Å². The zero-order chi connectivity index (χ0) is 18.0. The third-order valence-corrected chi connectivity index (χ3v) is 3.86. The molecular formula is C18H13ClFN3O2. The van der Waals surface area contributed by atoms with Crippen molar-refractivity contribution in [2.24, 2.45) is 0 Å². The molecule has 2 heterocycles. The van der Waals surface area contributed by atoms with Crippen LogP contribution in [-0.4, -0.2) is 21.7 Å². The minimum Gasteiger partial charge on any atom is -0.356 e. The van der Waals surface area contributed by atoms with Crippen LogP contribution >= 0.6 is 11.6 Å². The number of ketones is 1. The lowest BCUT2D eigenvalue weighted by molar-refractivity contribution is 0.102. The van der Waals surface area contributed by atoms with Gasteiger partial charge in [0.05, 0.1) is 22.5 Å². The predicted octanol–water partition coefficient (Wildman–Crippen LogP) is 3.99. The molecular weight excluding hydrogens is 345 g/mol. The molecule has 0 spiro atoms. The fraction of sp³-hybridized carbons (Fsp3) is 0.0556. The number of aryl methyl sites for hydroxylation is 1. The zero-order valence-electron chi connectivity index (χ0n) is 13.1. The molecule has 3 aromatic rings. The maximum atomic E-state index is 13.9. The van der Waals surface area contributed by atoms with Gasteiger partial charge in [0.15, 0.2) is 5.78 Å². The predicted molar refractivity (Wildman–Crippen MR) is 92.6 cm³/mol. The monoisotopic (exact) mass is 357 g/mol. The Morgan fingerprint density at radius 1 is 1.24 bits per heavy atom. The maximum absolute atomic E-state index is 13.9. The van der Waals surface area contributed by atoms with Crippen molar-refractivity contribution in [3.63, 3.8) is 0 Å². The normalized spacial score (nSPS) is 10.5. The van der Waals surface area contributed by atoms with E-state index in [9.17, 15) is 14.0 Å². The molecule has 0 aliphatic heterocycles. The maximum Gasteiger partial charge on any atom is 0.272 e. The average molecular weight is 358 g/mol. The summed E-state index contributed by atoms with van der Waals surface area (Å²) in [7, 11) is 0. The number of benzene rings is 1. The number of carbonyl (C=O) groups excluding carboxylic acids is 2. The Labute approximate surface area is 147 Å². The molecule has 2 aromatic heterocycles. The summed E-state index contributed by atoms with van der Waals surface area (Å²) in [5.41, 5.74) is 1.43. The highest BCUT2D eigenvalue weighted by molar-refractivity contribution is 6.35. The largest absolute Gasteiger partial charge is 0.356 e. The molecule has 5 nitrogen and oxygen atoms in total. The van der Waals surface area contributed by atoms with Gasteiger partial charge in [-0.1, -0.05) is 17.7 Å². The van der Waals surface area contributed by atoms with Crippen LogP contribution in [0.1, 0.15) is 32.1 Å². The molecule has 126 valence electrons. The van der Waals surface area contributed by atoms with Gasteiger partial charge in [0.2, 0.25) is 0 Å². The highest BCUT2D eigenvalue weighted by atomic mass is 35.5. The summed E-state index contributed by atoms with van der Waals surface area (Å²) in [5, 5.41) is 2.67. The number of amides is 1. The molecule has 1 aromatic carbocycles. The highest BCUT2D eigenvalue weighted by Gasteiger charge is 2.20. The van der Waals surface area contributed by atoms with Crippen molar-refractivity contribution in [1.82, 2.24) is 9.97 Å². The number of hydrogen-bond donors (Lipinski definition) is 2. The van der Waals surface area contributed by atoms with Crippen molar-refractivity contribution in [3.8, 4) is 0 Å². The van der Waals surface area contributed by atoms with Gasteiger partial charge in [-0.2, -0.15) is 0 Å². The molecule has 0 saturated carbocycles. The molecule has 0 atom stereocenters. The number of nitrogens with one attached hydrogen (secondary N) is 2. The number of carbonyl (C=O) groups is 2. The molecule has 0 radical (unpaired) electrons. The first-order valence-corrected chi connectivity index (χ1v) is 7.74. The van der Waals surface area contributed by atoms with Crippen LogP contribution in [0.25, 0.3) is 0 Å². The first kappa shape index (κ1) is 16.9. The standard InChI is InChI=1S/C18H13ClFN3O2/c1-10-5-6-12(9-21-10)23-18(25)15-7-11(8-22-15)17(24)16-13(19)3-2-4-14(16)20/h2-9,22H,1H3,(H,23,25). The summed E-state index contributed by atoms with van der Waals surface area (Å²) in [5.74, 6) is -1.75. The van der Waals surface area contributed by atoms with Crippen molar-refractivity contribution >= 4 is 29.0 Å². The molecule has 0 unspecified atom stereocenters. The Hall–Kier alpha value is -2.99. The Balaban J connectivity index is 1.81. The number of anilines is 1. The van der Waals surface area contributed by atoms with E-state index in [0.29, 0.717) is 5.69 Å². The van der Waals surface area contributed by atoms with Gasteiger partial charge >= 0.3 is 0 Å². The molecule has 25 heavy (non-hydrogen) atoms. The Morgan fingerprint density at radius 2 is 2.04 bits per heavy atom. The average Bonchev–Trinajstić information content (AvgIpc) is 3.07. The summed E-state index contributed by atoms with van der Waals surface area (Å²) in [6.07, 6.45) is 2.87. The molecule has 1 amide bonds. The van der Waals surface area contributed by atoms with Gasteiger partial charge in [-0.3, -0.25) is 14.6 Å². The third kappa shape index (κ3) is 3.59. The molecule has 7 heteroatoms. The quantitative estimate of drug-likeness (QED) is 0.693. The van der Waals surface area contributed by atoms with E-state index < -0.39 is 17.5 Å². The van der Waals surface area contributed by atoms with E-state index >= 15 is 0 Å². The number of pyridine rings is 1. The van der Waals surface area contributed by atoms with Crippen molar-refractivity contribution < 1.29 is 14.0 Å². The van der Waals surface area contributed by atoms with Crippen LogP contribution in [0, 0.1) is 12.7 Å². The molecule has 0 fully saturated rings. The second-order valence-corrected chi connectivity index (χ2v) is 5.78. The van der Waals surface area contributed by atoms with Crippen molar-refractivity contribution in [2.45, 2.75) is 6.92 Å². The van der Waals surface area contributed by atoms with Gasteiger partial charge in [0, 0.05) is 17.5 Å². The topological polar surface area (TPSA) is 74.8 Å². The fourth-order valence-corrected chi connectivity index (χ4v) is 2.50. The summed E-state index contributed by atoms with van der Waals surface area (Å²) >= 11 is 5.91. The second-order valence-electron chi connectivity index (χ2n) is 5.37. The van der Waals surface area contributed by atoms with Crippen molar-refractivity contribution in [3.05, 3.63) is 82.1 Å². The minimum absolute atomic E-state index is 0.0166. The minimum atomic E-state index is -0.713. The molecule has 0 saturated heterocycles. The number of halogens is 2. The van der Waals surface area contributed by atoms with Gasteiger partial charge in [-0.25, -0.2) is 4.39 Å². The number of nitrogens with zero attached hydrogens (tertiary/aromatic N) is 1. The van der Waals surface area contributed by atoms with Crippen LogP contribution in [0.4, 0.5) is 10.1 Å². The van der Waals surface area contributed by atoms with Gasteiger partial charge in [0.1, 0.15) is 11.5 Å². The van der Waals surface area contributed by atoms with Crippen molar-refractivity contribution in [2.75, 3.05) is 5.32 Å². The van der Waals surface area contributed by atoms with E-state index in [-0.39, 0.29) is 21.8 Å². The number of aromatic nitrogens is 2. The number of rotatable bonds is 4. The summed E-state index contributed by atoms with van der Waals surface area (Å²) < 4.78 is 13.9. The van der Waals surface area contributed by atoms with Gasteiger partial charge < -0.3 is 10.3 Å². The Morgan fingerprint density at radius 3 is 2.72 bits per heavy atom. The first-order chi connectivity index (χ1) is 12.0. The number of H-pyrrole nitrogens is 1. The lowest BCUT2D eigenvalue weighted by atomic mass is 10.1. The van der Waals surface area contributed by atoms with Gasteiger partial charge in [-0.05, 0) is 37.3 Å². The summed E-state index contributed by atoms with van der Waals surface area (Å²) in [4.78, 5) is 31.4.